The molecule has 0 radical (unpaired) electrons. The number of carbonyl (C=O) groups is 1. The van der Waals surface area contributed by atoms with Gasteiger partial charge in [-0.25, -0.2) is 0 Å². The van der Waals surface area contributed by atoms with E-state index in [-0.39, 0.29) is 11.9 Å². The Morgan fingerprint density at radius 2 is 2.17 bits per heavy atom. The number of rotatable bonds is 10. The van der Waals surface area contributed by atoms with E-state index in [2.05, 4.69) is 23.3 Å². The molecule has 0 aliphatic rings. The maximum Gasteiger partial charge on any atom is 0.244 e. The van der Waals surface area contributed by atoms with Gasteiger partial charge < -0.3 is 14.5 Å². The minimum atomic E-state index is -0.107. The molecule has 2 aromatic heterocycles. The number of pyridine rings is 1. The van der Waals surface area contributed by atoms with Crippen molar-refractivity contribution in [2.24, 2.45) is 0 Å². The van der Waals surface area contributed by atoms with Crippen LogP contribution in [-0.4, -0.2) is 24.0 Å². The van der Waals surface area contributed by atoms with Crippen molar-refractivity contribution in [3.63, 3.8) is 0 Å². The van der Waals surface area contributed by atoms with Gasteiger partial charge in [-0.15, -0.1) is 0 Å². The predicted octanol–water partition coefficient (Wildman–Crippen LogP) is 5.33. The summed E-state index contributed by atoms with van der Waals surface area (Å²) in [4.78, 5) is 16.5. The summed E-state index contributed by atoms with van der Waals surface area (Å²) < 4.78 is 11.3. The van der Waals surface area contributed by atoms with E-state index in [1.54, 1.807) is 25.5 Å². The van der Waals surface area contributed by atoms with E-state index in [0.717, 1.165) is 60.1 Å². The van der Waals surface area contributed by atoms with Gasteiger partial charge in [-0.05, 0) is 62.4 Å². The molecule has 0 aliphatic heterocycles. The number of methoxy groups -OCH3 is 1. The topological polar surface area (TPSA) is 64.4 Å². The van der Waals surface area contributed by atoms with Crippen molar-refractivity contribution in [1.82, 2.24) is 10.3 Å². The number of ether oxygens (including phenoxy) is 1. The fraction of sp³-hybridized carbons (Fsp3) is 0.360. The Morgan fingerprint density at radius 3 is 2.90 bits per heavy atom. The summed E-state index contributed by atoms with van der Waals surface area (Å²) in [7, 11) is 1.64. The van der Waals surface area contributed by atoms with Crippen LogP contribution in [0.2, 0.25) is 0 Å². The Labute approximate surface area is 178 Å². The molecule has 1 atom stereocenters. The van der Waals surface area contributed by atoms with Crippen LogP contribution in [0, 0.1) is 0 Å². The fourth-order valence-electron chi connectivity index (χ4n) is 3.59. The lowest BCUT2D eigenvalue weighted by atomic mass is 10.1. The maximum absolute atomic E-state index is 12.4. The highest BCUT2D eigenvalue weighted by atomic mass is 16.5. The molecule has 5 nitrogen and oxygen atoms in total. The first kappa shape index (κ1) is 21.6. The minimum absolute atomic E-state index is 0.105. The first-order valence-electron chi connectivity index (χ1n) is 10.6. The third kappa shape index (κ3) is 5.72. The molecular weight excluding hydrogens is 376 g/mol. The van der Waals surface area contributed by atoms with E-state index in [1.165, 1.54) is 5.56 Å². The van der Waals surface area contributed by atoms with Crippen molar-refractivity contribution >= 4 is 23.0 Å². The van der Waals surface area contributed by atoms with E-state index in [0.29, 0.717) is 0 Å². The van der Waals surface area contributed by atoms with Gasteiger partial charge in [0.05, 0.1) is 7.11 Å². The highest BCUT2D eigenvalue weighted by Gasteiger charge is 2.13. The first-order valence-corrected chi connectivity index (χ1v) is 10.6. The zero-order chi connectivity index (χ0) is 21.3. The zero-order valence-electron chi connectivity index (χ0n) is 18.0. The summed E-state index contributed by atoms with van der Waals surface area (Å²) in [6.45, 7) is 4.17. The van der Waals surface area contributed by atoms with Crippen LogP contribution in [0.15, 0.2) is 53.2 Å². The average Bonchev–Trinajstić information content (AvgIpc) is 3.10. The second-order valence-corrected chi connectivity index (χ2v) is 7.55. The quantitative estimate of drug-likeness (QED) is 0.462. The molecule has 0 unspecified atom stereocenters. The summed E-state index contributed by atoms with van der Waals surface area (Å²) in [6.07, 6.45) is 11.8. The summed E-state index contributed by atoms with van der Waals surface area (Å²) in [6, 6.07) is 9.97. The first-order chi connectivity index (χ1) is 14.6. The van der Waals surface area contributed by atoms with Gasteiger partial charge in [-0.1, -0.05) is 19.4 Å². The number of benzene rings is 1. The van der Waals surface area contributed by atoms with Gasteiger partial charge in [0, 0.05) is 41.5 Å². The number of aryl methyl sites for hydroxylation is 2. The van der Waals surface area contributed by atoms with Crippen molar-refractivity contribution < 1.29 is 13.9 Å². The third-order valence-electron chi connectivity index (χ3n) is 5.13. The molecule has 0 fully saturated rings. The molecule has 1 amide bonds. The molecule has 0 saturated heterocycles. The van der Waals surface area contributed by atoms with Crippen LogP contribution in [0.3, 0.4) is 0 Å². The molecule has 1 N–H and O–H groups in total. The number of amides is 1. The van der Waals surface area contributed by atoms with Crippen LogP contribution in [0.4, 0.5) is 0 Å². The summed E-state index contributed by atoms with van der Waals surface area (Å²) >= 11 is 0. The van der Waals surface area contributed by atoms with Gasteiger partial charge in [-0.2, -0.15) is 0 Å². The Kier molecular flexibility index (Phi) is 7.66. The zero-order valence-corrected chi connectivity index (χ0v) is 18.0. The normalized spacial score (nSPS) is 12.4. The van der Waals surface area contributed by atoms with Crippen LogP contribution in [0.1, 0.15) is 50.0 Å². The Morgan fingerprint density at radius 1 is 1.30 bits per heavy atom. The molecule has 0 aliphatic carbocycles. The van der Waals surface area contributed by atoms with E-state index in [1.807, 2.05) is 37.4 Å². The van der Waals surface area contributed by atoms with Crippen LogP contribution < -0.4 is 10.1 Å². The standard InChI is InChI=1S/C25H30N2O3/c1-4-7-21-22-12-11-20(29-3)16-24(22)30-23(21)13-14-25(28)27-18(2)8-5-9-19-10-6-15-26-17-19/h6,10-18H,4-5,7-9H2,1-3H3,(H,27,28)/t18-/m1/s1. The SMILES string of the molecule is CCCc1c(C=CC(=O)N[C@H](C)CCCc2cccnc2)oc2cc(OC)ccc12. The Balaban J connectivity index is 1.59. The number of nitrogens with one attached hydrogen (secondary N) is 1. The number of aromatic nitrogens is 1. The largest absolute Gasteiger partial charge is 0.497 e. The summed E-state index contributed by atoms with van der Waals surface area (Å²) in [5.41, 5.74) is 3.13. The van der Waals surface area contributed by atoms with Gasteiger partial charge in [-0.3, -0.25) is 9.78 Å². The monoisotopic (exact) mass is 406 g/mol. The van der Waals surface area contributed by atoms with Crippen molar-refractivity contribution in [2.45, 2.75) is 52.0 Å². The van der Waals surface area contributed by atoms with Crippen LogP contribution in [0.25, 0.3) is 17.0 Å². The van der Waals surface area contributed by atoms with Gasteiger partial charge in [0.1, 0.15) is 17.1 Å². The smallest absolute Gasteiger partial charge is 0.244 e. The lowest BCUT2D eigenvalue weighted by Gasteiger charge is -2.12. The molecule has 0 bridgehead atoms. The molecule has 5 heteroatoms. The minimum Gasteiger partial charge on any atom is -0.497 e. The van der Waals surface area contributed by atoms with Crippen LogP contribution in [0.5, 0.6) is 5.75 Å². The van der Waals surface area contributed by atoms with E-state index < -0.39 is 0 Å². The second kappa shape index (κ2) is 10.6. The van der Waals surface area contributed by atoms with E-state index in [4.69, 9.17) is 9.15 Å². The molecule has 0 spiro atoms. The van der Waals surface area contributed by atoms with E-state index >= 15 is 0 Å². The highest BCUT2D eigenvalue weighted by Crippen LogP contribution is 2.31. The van der Waals surface area contributed by atoms with Crippen molar-refractivity contribution in [2.75, 3.05) is 7.11 Å². The molecule has 30 heavy (non-hydrogen) atoms. The molecular formula is C25H30N2O3. The van der Waals surface area contributed by atoms with Gasteiger partial charge >= 0.3 is 0 Å². The Hall–Kier alpha value is -3.08. The van der Waals surface area contributed by atoms with Crippen LogP contribution >= 0.6 is 0 Å². The average molecular weight is 407 g/mol. The lowest BCUT2D eigenvalue weighted by molar-refractivity contribution is -0.117. The van der Waals surface area contributed by atoms with Gasteiger partial charge in [0.15, 0.2) is 0 Å². The van der Waals surface area contributed by atoms with Crippen molar-refractivity contribution in [1.29, 1.82) is 0 Å². The third-order valence-corrected chi connectivity index (χ3v) is 5.13. The molecule has 2 heterocycles. The molecule has 0 saturated carbocycles. The summed E-state index contributed by atoms with van der Waals surface area (Å²) in [5, 5.41) is 4.11. The molecule has 158 valence electrons. The van der Waals surface area contributed by atoms with Crippen molar-refractivity contribution in [3.8, 4) is 5.75 Å². The highest BCUT2D eigenvalue weighted by molar-refractivity contribution is 5.93. The maximum atomic E-state index is 12.4. The summed E-state index contributed by atoms with van der Waals surface area (Å²) in [5.74, 6) is 1.39. The van der Waals surface area contributed by atoms with Gasteiger partial charge in [0.2, 0.25) is 5.91 Å². The van der Waals surface area contributed by atoms with Gasteiger partial charge in [0.25, 0.3) is 0 Å². The van der Waals surface area contributed by atoms with Crippen LogP contribution in [-0.2, 0) is 17.6 Å². The molecule has 3 rings (SSSR count). The number of nitrogens with zero attached hydrogens (tertiary/aromatic N) is 1. The predicted molar refractivity (Wildman–Crippen MR) is 121 cm³/mol. The Bertz CT molecular complexity index is 992. The van der Waals surface area contributed by atoms with Crippen molar-refractivity contribution in [3.05, 3.63) is 65.7 Å². The number of fused-ring (bicyclic) bond motifs is 1. The molecule has 1 aromatic carbocycles. The fourth-order valence-corrected chi connectivity index (χ4v) is 3.59. The van der Waals surface area contributed by atoms with E-state index in [9.17, 15) is 4.79 Å². The number of hydrogen-bond acceptors (Lipinski definition) is 4. The second-order valence-electron chi connectivity index (χ2n) is 7.55. The number of hydrogen-bond donors (Lipinski definition) is 1. The lowest BCUT2D eigenvalue weighted by Crippen LogP contribution is -2.31. The number of furan rings is 1. The molecule has 3 aromatic rings. The number of carbonyl (C=O) groups excluding carboxylic acids is 1.